The lowest BCUT2D eigenvalue weighted by atomic mass is 9.79. The standard InChI is InChI=1S/C10H18N2O2/c1-11-10(9(13)14-2)4-6-12-5-3-8(10)7-12/h8,11H,3-7H2,1-2H3. The summed E-state index contributed by atoms with van der Waals surface area (Å²) in [5.74, 6) is 0.334. The largest absolute Gasteiger partial charge is 0.468 e. The molecule has 0 amide bonds. The van der Waals surface area contributed by atoms with Crippen LogP contribution in [0.15, 0.2) is 0 Å². The van der Waals surface area contributed by atoms with Crippen molar-refractivity contribution in [2.75, 3.05) is 33.8 Å². The molecule has 2 fully saturated rings. The minimum atomic E-state index is -0.415. The molecule has 2 heterocycles. The van der Waals surface area contributed by atoms with Crippen LogP contribution in [-0.4, -0.2) is 50.2 Å². The molecule has 2 rings (SSSR count). The van der Waals surface area contributed by atoms with Crippen molar-refractivity contribution in [2.45, 2.75) is 18.4 Å². The molecule has 0 saturated carbocycles. The molecular formula is C10H18N2O2. The van der Waals surface area contributed by atoms with Gasteiger partial charge in [-0.25, -0.2) is 0 Å². The number of esters is 1. The molecule has 0 aliphatic carbocycles. The van der Waals surface area contributed by atoms with Gasteiger partial charge in [-0.05, 0) is 26.4 Å². The lowest BCUT2D eigenvalue weighted by Gasteiger charge is -2.40. The van der Waals surface area contributed by atoms with Crippen molar-refractivity contribution < 1.29 is 9.53 Å². The van der Waals surface area contributed by atoms with E-state index in [0.717, 1.165) is 32.5 Å². The van der Waals surface area contributed by atoms with E-state index >= 15 is 0 Å². The number of likely N-dealkylation sites (N-methyl/N-ethyl adjacent to an activating group) is 1. The smallest absolute Gasteiger partial charge is 0.326 e. The molecule has 0 radical (unpaired) electrons. The van der Waals surface area contributed by atoms with E-state index in [1.807, 2.05) is 7.05 Å². The summed E-state index contributed by atoms with van der Waals surface area (Å²) in [4.78, 5) is 14.2. The summed E-state index contributed by atoms with van der Waals surface area (Å²) in [6.45, 7) is 3.17. The van der Waals surface area contributed by atoms with E-state index in [0.29, 0.717) is 5.92 Å². The number of rotatable bonds is 2. The van der Waals surface area contributed by atoms with Gasteiger partial charge in [0.05, 0.1) is 7.11 Å². The van der Waals surface area contributed by atoms with Gasteiger partial charge in [-0.3, -0.25) is 4.79 Å². The van der Waals surface area contributed by atoms with Gasteiger partial charge in [-0.15, -0.1) is 0 Å². The van der Waals surface area contributed by atoms with Crippen LogP contribution in [0, 0.1) is 5.92 Å². The van der Waals surface area contributed by atoms with Gasteiger partial charge >= 0.3 is 5.97 Å². The van der Waals surface area contributed by atoms with Gasteiger partial charge in [0.15, 0.2) is 0 Å². The highest BCUT2D eigenvalue weighted by molar-refractivity contribution is 5.81. The molecule has 0 aromatic carbocycles. The number of fused-ring (bicyclic) bond motifs is 2. The third-order valence-electron chi connectivity index (χ3n) is 3.79. The van der Waals surface area contributed by atoms with Crippen molar-refractivity contribution in [3.8, 4) is 0 Å². The molecule has 80 valence electrons. The minimum absolute atomic E-state index is 0.0912. The molecule has 0 aromatic rings. The molecule has 3 atom stereocenters. The zero-order chi connectivity index (χ0) is 10.2. The Kier molecular flexibility index (Phi) is 2.49. The molecule has 1 N–H and O–H groups in total. The highest BCUT2D eigenvalue weighted by atomic mass is 16.5. The predicted molar refractivity (Wildman–Crippen MR) is 53.0 cm³/mol. The number of hydrogen-bond acceptors (Lipinski definition) is 4. The van der Waals surface area contributed by atoms with E-state index in [2.05, 4.69) is 10.2 Å². The first-order chi connectivity index (χ1) is 6.73. The van der Waals surface area contributed by atoms with Crippen molar-refractivity contribution in [1.29, 1.82) is 0 Å². The molecule has 14 heavy (non-hydrogen) atoms. The van der Waals surface area contributed by atoms with Crippen LogP contribution < -0.4 is 5.32 Å². The molecule has 4 nitrogen and oxygen atoms in total. The molecule has 3 unspecified atom stereocenters. The maximum Gasteiger partial charge on any atom is 0.326 e. The van der Waals surface area contributed by atoms with E-state index in [9.17, 15) is 4.79 Å². The average molecular weight is 198 g/mol. The fourth-order valence-electron chi connectivity index (χ4n) is 2.86. The lowest BCUT2D eigenvalue weighted by Crippen LogP contribution is -2.60. The molecule has 2 saturated heterocycles. The Balaban J connectivity index is 2.22. The SMILES string of the molecule is CNC1(C(=O)OC)CCN2CCC1C2. The summed E-state index contributed by atoms with van der Waals surface area (Å²) in [5.41, 5.74) is -0.415. The zero-order valence-corrected chi connectivity index (χ0v) is 8.88. The van der Waals surface area contributed by atoms with Crippen molar-refractivity contribution in [2.24, 2.45) is 5.92 Å². The Hall–Kier alpha value is -0.610. The van der Waals surface area contributed by atoms with Crippen LogP contribution >= 0.6 is 0 Å². The Morgan fingerprint density at radius 2 is 2.36 bits per heavy atom. The second-order valence-electron chi connectivity index (χ2n) is 4.25. The van der Waals surface area contributed by atoms with Crippen molar-refractivity contribution in [1.82, 2.24) is 10.2 Å². The van der Waals surface area contributed by atoms with E-state index < -0.39 is 5.54 Å². The first kappa shape index (κ1) is 9.93. The summed E-state index contributed by atoms with van der Waals surface area (Å²) < 4.78 is 4.91. The Morgan fingerprint density at radius 1 is 1.57 bits per heavy atom. The van der Waals surface area contributed by atoms with E-state index in [-0.39, 0.29) is 5.97 Å². The van der Waals surface area contributed by atoms with Crippen LogP contribution in [0.2, 0.25) is 0 Å². The summed E-state index contributed by atoms with van der Waals surface area (Å²) in [6.07, 6.45) is 1.98. The third kappa shape index (κ3) is 1.25. The molecule has 2 aliphatic rings. The normalized spacial score (nSPS) is 41.0. The Labute approximate surface area is 84.6 Å². The zero-order valence-electron chi connectivity index (χ0n) is 8.88. The van der Waals surface area contributed by atoms with E-state index in [1.165, 1.54) is 7.11 Å². The van der Waals surface area contributed by atoms with Crippen molar-refractivity contribution in [3.63, 3.8) is 0 Å². The topological polar surface area (TPSA) is 41.6 Å². The second kappa shape index (κ2) is 3.51. The molecule has 2 aliphatic heterocycles. The van der Waals surface area contributed by atoms with Gasteiger partial charge in [0, 0.05) is 19.0 Å². The van der Waals surface area contributed by atoms with Crippen LogP contribution in [0.5, 0.6) is 0 Å². The second-order valence-corrected chi connectivity index (χ2v) is 4.25. The first-order valence-electron chi connectivity index (χ1n) is 5.22. The highest BCUT2D eigenvalue weighted by Crippen LogP contribution is 2.36. The summed E-state index contributed by atoms with van der Waals surface area (Å²) in [6, 6.07) is 0. The fourth-order valence-corrected chi connectivity index (χ4v) is 2.86. The lowest BCUT2D eigenvalue weighted by molar-refractivity contribution is -0.152. The summed E-state index contributed by atoms with van der Waals surface area (Å²) in [7, 11) is 3.34. The number of hydrogen-bond donors (Lipinski definition) is 1. The van der Waals surface area contributed by atoms with Crippen LogP contribution in [0.1, 0.15) is 12.8 Å². The molecular weight excluding hydrogens is 180 g/mol. The number of carbonyl (C=O) groups is 1. The first-order valence-corrected chi connectivity index (χ1v) is 5.22. The monoisotopic (exact) mass is 198 g/mol. The highest BCUT2D eigenvalue weighted by Gasteiger charge is 2.51. The Bertz CT molecular complexity index is 244. The molecule has 2 bridgehead atoms. The summed E-state index contributed by atoms with van der Waals surface area (Å²) >= 11 is 0. The molecule has 0 aromatic heterocycles. The molecule has 0 spiro atoms. The third-order valence-corrected chi connectivity index (χ3v) is 3.79. The fraction of sp³-hybridized carbons (Fsp3) is 0.900. The van der Waals surface area contributed by atoms with Gasteiger partial charge < -0.3 is 15.0 Å². The van der Waals surface area contributed by atoms with Crippen molar-refractivity contribution in [3.05, 3.63) is 0 Å². The van der Waals surface area contributed by atoms with Gasteiger partial charge in [-0.2, -0.15) is 0 Å². The number of ether oxygens (including phenoxy) is 1. The predicted octanol–water partition coefficient (Wildman–Crippen LogP) is -0.157. The van der Waals surface area contributed by atoms with Gasteiger partial charge in [0.1, 0.15) is 5.54 Å². The molecule has 4 heteroatoms. The maximum absolute atomic E-state index is 11.8. The van der Waals surface area contributed by atoms with Gasteiger partial charge in [0.25, 0.3) is 0 Å². The number of nitrogens with zero attached hydrogens (tertiary/aromatic N) is 1. The van der Waals surface area contributed by atoms with E-state index in [4.69, 9.17) is 4.74 Å². The van der Waals surface area contributed by atoms with Crippen molar-refractivity contribution >= 4 is 5.97 Å². The number of methoxy groups -OCH3 is 1. The van der Waals surface area contributed by atoms with E-state index in [1.54, 1.807) is 0 Å². The van der Waals surface area contributed by atoms with Gasteiger partial charge in [-0.1, -0.05) is 0 Å². The summed E-state index contributed by atoms with van der Waals surface area (Å²) in [5, 5.41) is 3.19. The minimum Gasteiger partial charge on any atom is -0.468 e. The number of carbonyl (C=O) groups excluding carboxylic acids is 1. The number of nitrogens with one attached hydrogen (secondary N) is 1. The maximum atomic E-state index is 11.8. The van der Waals surface area contributed by atoms with Crippen LogP contribution in [0.4, 0.5) is 0 Å². The number of piperidine rings is 1. The van der Waals surface area contributed by atoms with Gasteiger partial charge in [0.2, 0.25) is 0 Å². The average Bonchev–Trinajstić information content (AvgIpc) is 2.63. The Morgan fingerprint density at radius 3 is 3.00 bits per heavy atom. The van der Waals surface area contributed by atoms with Crippen LogP contribution in [-0.2, 0) is 9.53 Å². The quantitative estimate of drug-likeness (QED) is 0.626. The van der Waals surface area contributed by atoms with Crippen LogP contribution in [0.25, 0.3) is 0 Å². The van der Waals surface area contributed by atoms with Crippen LogP contribution in [0.3, 0.4) is 0 Å².